The summed E-state index contributed by atoms with van der Waals surface area (Å²) in [6, 6.07) is 1.05. The number of aryl methyl sites for hydroxylation is 2. The van der Waals surface area contributed by atoms with Crippen LogP contribution >= 0.6 is 11.3 Å². The SMILES string of the molecule is CCOC(=O)[C@@H]1CN(C(=O)OC(C)(C)C)CCN1C(=O)c1cc(CC)c(C)s1. The molecule has 0 radical (unpaired) electrons. The van der Waals surface area contributed by atoms with Crippen LogP contribution < -0.4 is 0 Å². The predicted molar refractivity (Wildman–Crippen MR) is 108 cm³/mol. The van der Waals surface area contributed by atoms with Crippen molar-refractivity contribution in [2.75, 3.05) is 26.2 Å². The van der Waals surface area contributed by atoms with Crippen molar-refractivity contribution < 1.29 is 23.9 Å². The van der Waals surface area contributed by atoms with Crippen LogP contribution in [0.4, 0.5) is 4.79 Å². The molecule has 2 rings (SSSR count). The van der Waals surface area contributed by atoms with Crippen molar-refractivity contribution in [3.05, 3.63) is 21.4 Å². The normalized spacial score (nSPS) is 17.4. The van der Waals surface area contributed by atoms with Gasteiger partial charge < -0.3 is 19.3 Å². The molecule has 0 bridgehead atoms. The highest BCUT2D eigenvalue weighted by Gasteiger charge is 2.39. The van der Waals surface area contributed by atoms with E-state index < -0.39 is 23.7 Å². The Hall–Kier alpha value is -2.09. The van der Waals surface area contributed by atoms with E-state index in [0.29, 0.717) is 11.4 Å². The van der Waals surface area contributed by atoms with E-state index in [1.165, 1.54) is 21.1 Å². The highest BCUT2D eigenvalue weighted by atomic mass is 32.1. The topological polar surface area (TPSA) is 76.2 Å². The lowest BCUT2D eigenvalue weighted by Gasteiger charge is -2.40. The van der Waals surface area contributed by atoms with Crippen LogP contribution in [-0.4, -0.2) is 65.7 Å². The van der Waals surface area contributed by atoms with Gasteiger partial charge >= 0.3 is 12.1 Å². The molecule has 0 unspecified atom stereocenters. The number of hydrogen-bond donors (Lipinski definition) is 0. The minimum absolute atomic E-state index is 0.0600. The number of carbonyl (C=O) groups is 3. The third-order valence-corrected chi connectivity index (χ3v) is 5.54. The number of piperazine rings is 1. The quantitative estimate of drug-likeness (QED) is 0.712. The lowest BCUT2D eigenvalue weighted by molar-refractivity contribution is -0.150. The monoisotopic (exact) mass is 410 g/mol. The lowest BCUT2D eigenvalue weighted by Crippen LogP contribution is -2.60. The van der Waals surface area contributed by atoms with Crippen molar-refractivity contribution >= 4 is 29.3 Å². The fourth-order valence-electron chi connectivity index (χ4n) is 3.08. The molecule has 0 saturated carbocycles. The third-order valence-electron chi connectivity index (χ3n) is 4.46. The third kappa shape index (κ3) is 5.25. The largest absolute Gasteiger partial charge is 0.464 e. The molecule has 1 atom stereocenters. The molecule has 1 aliphatic rings. The van der Waals surface area contributed by atoms with Crippen LogP contribution in [0.2, 0.25) is 0 Å². The first-order valence-corrected chi connectivity index (χ1v) is 10.4. The van der Waals surface area contributed by atoms with Gasteiger partial charge in [-0.3, -0.25) is 4.79 Å². The summed E-state index contributed by atoms with van der Waals surface area (Å²) >= 11 is 1.43. The van der Waals surface area contributed by atoms with Gasteiger partial charge in [-0.1, -0.05) is 6.92 Å². The molecule has 0 aromatic carbocycles. The number of carbonyl (C=O) groups excluding carboxylic acids is 3. The molecular weight excluding hydrogens is 380 g/mol. The van der Waals surface area contributed by atoms with Gasteiger partial charge in [-0.2, -0.15) is 0 Å². The van der Waals surface area contributed by atoms with Crippen LogP contribution in [0.25, 0.3) is 0 Å². The molecule has 0 aliphatic carbocycles. The number of hydrogen-bond acceptors (Lipinski definition) is 6. The van der Waals surface area contributed by atoms with Crippen molar-refractivity contribution in [1.82, 2.24) is 9.80 Å². The van der Waals surface area contributed by atoms with Crippen LogP contribution in [0.1, 0.15) is 54.7 Å². The van der Waals surface area contributed by atoms with Crippen molar-refractivity contribution in [1.29, 1.82) is 0 Å². The molecule has 2 amide bonds. The zero-order valence-electron chi connectivity index (χ0n) is 17.5. The zero-order valence-corrected chi connectivity index (χ0v) is 18.4. The Labute approximate surface area is 170 Å². The first kappa shape index (κ1) is 22.2. The summed E-state index contributed by atoms with van der Waals surface area (Å²) in [5.74, 6) is -0.706. The van der Waals surface area contributed by atoms with E-state index >= 15 is 0 Å². The summed E-state index contributed by atoms with van der Waals surface area (Å²) in [5, 5.41) is 0. The summed E-state index contributed by atoms with van der Waals surface area (Å²) in [5.41, 5.74) is 0.502. The van der Waals surface area contributed by atoms with E-state index in [4.69, 9.17) is 9.47 Å². The van der Waals surface area contributed by atoms with Crippen LogP contribution in [0, 0.1) is 6.92 Å². The highest BCUT2D eigenvalue weighted by molar-refractivity contribution is 7.14. The number of thiophene rings is 1. The van der Waals surface area contributed by atoms with Gasteiger partial charge in [-0.25, -0.2) is 9.59 Å². The van der Waals surface area contributed by atoms with Gasteiger partial charge in [-0.05, 0) is 52.7 Å². The van der Waals surface area contributed by atoms with Gasteiger partial charge in [0, 0.05) is 18.0 Å². The van der Waals surface area contributed by atoms with Crippen molar-refractivity contribution in [2.24, 2.45) is 0 Å². The Morgan fingerprint density at radius 1 is 1.21 bits per heavy atom. The minimum Gasteiger partial charge on any atom is -0.464 e. The van der Waals surface area contributed by atoms with Crippen LogP contribution in [0.3, 0.4) is 0 Å². The molecular formula is C20H30N2O5S. The van der Waals surface area contributed by atoms with Crippen LogP contribution in [0.15, 0.2) is 6.07 Å². The molecule has 1 saturated heterocycles. The number of amides is 2. The number of nitrogens with zero attached hydrogens (tertiary/aromatic N) is 2. The first-order valence-electron chi connectivity index (χ1n) is 9.62. The number of esters is 1. The Kier molecular flexibility index (Phi) is 7.09. The molecule has 2 heterocycles. The van der Waals surface area contributed by atoms with Crippen molar-refractivity contribution in [3.63, 3.8) is 0 Å². The lowest BCUT2D eigenvalue weighted by atomic mass is 10.1. The average Bonchev–Trinajstić information content (AvgIpc) is 3.00. The van der Waals surface area contributed by atoms with Gasteiger partial charge in [0.2, 0.25) is 0 Å². The molecule has 8 heteroatoms. The first-order chi connectivity index (χ1) is 13.1. The van der Waals surface area contributed by atoms with Gasteiger partial charge in [-0.15, -0.1) is 11.3 Å². The van der Waals surface area contributed by atoms with E-state index in [2.05, 4.69) is 0 Å². The second-order valence-corrected chi connectivity index (χ2v) is 8.99. The standard InChI is InChI=1S/C20H30N2O5S/c1-7-14-11-16(28-13(14)3)17(23)22-10-9-21(19(25)27-20(4,5)6)12-15(22)18(24)26-8-2/h11,15H,7-10,12H2,1-6H3/t15-/m0/s1. The number of rotatable bonds is 4. The van der Waals surface area contributed by atoms with Crippen LogP contribution in [0.5, 0.6) is 0 Å². The second kappa shape index (κ2) is 8.94. The van der Waals surface area contributed by atoms with E-state index in [-0.39, 0.29) is 25.6 Å². The Morgan fingerprint density at radius 2 is 1.89 bits per heavy atom. The molecule has 0 spiro atoms. The summed E-state index contributed by atoms with van der Waals surface area (Å²) in [4.78, 5) is 42.7. The Bertz CT molecular complexity index is 737. The van der Waals surface area contributed by atoms with E-state index in [9.17, 15) is 14.4 Å². The smallest absolute Gasteiger partial charge is 0.410 e. The summed E-state index contributed by atoms with van der Waals surface area (Å²) < 4.78 is 10.6. The van der Waals surface area contributed by atoms with E-state index in [0.717, 1.165) is 16.9 Å². The predicted octanol–water partition coefficient (Wildman–Crippen LogP) is 3.24. The zero-order chi connectivity index (χ0) is 21.1. The minimum atomic E-state index is -0.846. The highest BCUT2D eigenvalue weighted by Crippen LogP contribution is 2.26. The fraction of sp³-hybridized carbons (Fsp3) is 0.650. The molecule has 0 N–H and O–H groups in total. The molecule has 28 heavy (non-hydrogen) atoms. The molecule has 1 fully saturated rings. The van der Waals surface area contributed by atoms with Gasteiger partial charge in [0.25, 0.3) is 5.91 Å². The van der Waals surface area contributed by atoms with Gasteiger partial charge in [0.1, 0.15) is 11.6 Å². The summed E-state index contributed by atoms with van der Waals surface area (Å²) in [6.07, 6.45) is 0.359. The van der Waals surface area contributed by atoms with Crippen molar-refractivity contribution in [2.45, 2.75) is 59.6 Å². The van der Waals surface area contributed by atoms with Gasteiger partial charge in [0.05, 0.1) is 18.0 Å². The average molecular weight is 411 g/mol. The molecule has 156 valence electrons. The second-order valence-electron chi connectivity index (χ2n) is 7.74. The molecule has 1 aromatic rings. The van der Waals surface area contributed by atoms with E-state index in [1.54, 1.807) is 27.7 Å². The summed E-state index contributed by atoms with van der Waals surface area (Å²) in [6.45, 7) is 11.9. The van der Waals surface area contributed by atoms with Crippen molar-refractivity contribution in [3.8, 4) is 0 Å². The fourth-order valence-corrected chi connectivity index (χ4v) is 4.15. The van der Waals surface area contributed by atoms with Gasteiger partial charge in [0.15, 0.2) is 0 Å². The molecule has 7 nitrogen and oxygen atoms in total. The Morgan fingerprint density at radius 3 is 2.43 bits per heavy atom. The molecule has 1 aliphatic heterocycles. The Balaban J connectivity index is 2.22. The maximum atomic E-state index is 13.1. The maximum Gasteiger partial charge on any atom is 0.410 e. The molecule has 1 aromatic heterocycles. The van der Waals surface area contributed by atoms with Crippen LogP contribution in [-0.2, 0) is 20.7 Å². The maximum absolute atomic E-state index is 13.1. The summed E-state index contributed by atoms with van der Waals surface area (Å²) in [7, 11) is 0. The van der Waals surface area contributed by atoms with E-state index in [1.807, 2.05) is 19.9 Å². The number of ether oxygens (including phenoxy) is 2.